The number of hydrogen-bond acceptors (Lipinski definition) is 4. The molecule has 0 saturated heterocycles. The lowest BCUT2D eigenvalue weighted by Gasteiger charge is -2.26. The van der Waals surface area contributed by atoms with Gasteiger partial charge in [-0.3, -0.25) is 0 Å². The number of amidine groups is 1. The van der Waals surface area contributed by atoms with Crippen molar-refractivity contribution in [2.24, 2.45) is 4.99 Å². The number of halogens is 2. The number of nitrogens with zero attached hydrogens (tertiary/aromatic N) is 2. The normalized spacial score (nSPS) is 11.6. The Morgan fingerprint density at radius 3 is 2.62 bits per heavy atom. The van der Waals surface area contributed by atoms with E-state index in [0.29, 0.717) is 25.4 Å². The molecule has 0 aromatic heterocycles. The molecular formula is C25H26ClFN2O2S. The molecule has 0 aliphatic carbocycles. The Morgan fingerprint density at radius 1 is 1.12 bits per heavy atom. The monoisotopic (exact) mass is 472 g/mol. The first-order valence-electron chi connectivity index (χ1n) is 10.2. The van der Waals surface area contributed by atoms with Gasteiger partial charge in [0, 0.05) is 25.1 Å². The van der Waals surface area contributed by atoms with E-state index in [0.717, 1.165) is 21.2 Å². The van der Waals surface area contributed by atoms with Crippen molar-refractivity contribution >= 4 is 34.2 Å². The van der Waals surface area contributed by atoms with Gasteiger partial charge in [0.1, 0.15) is 11.6 Å². The fourth-order valence-electron chi connectivity index (χ4n) is 3.15. The van der Waals surface area contributed by atoms with Crippen LogP contribution in [0.15, 0.2) is 70.6 Å². The fourth-order valence-corrected chi connectivity index (χ4v) is 4.32. The van der Waals surface area contributed by atoms with Crippen molar-refractivity contribution in [3.8, 4) is 5.75 Å². The van der Waals surface area contributed by atoms with Crippen molar-refractivity contribution in [1.29, 1.82) is 0 Å². The van der Waals surface area contributed by atoms with Crippen LogP contribution in [0.5, 0.6) is 5.75 Å². The van der Waals surface area contributed by atoms with Crippen molar-refractivity contribution < 1.29 is 14.2 Å². The lowest BCUT2D eigenvalue weighted by Crippen LogP contribution is -2.31. The molecule has 0 saturated carbocycles. The smallest absolute Gasteiger partial charge is 0.169 e. The van der Waals surface area contributed by atoms with Crippen LogP contribution >= 0.6 is 23.4 Å². The van der Waals surface area contributed by atoms with Gasteiger partial charge in [0.05, 0.1) is 17.3 Å². The van der Waals surface area contributed by atoms with Crippen LogP contribution in [0.3, 0.4) is 0 Å². The highest BCUT2D eigenvalue weighted by Gasteiger charge is 2.16. The number of methoxy groups -OCH3 is 1. The molecule has 168 valence electrons. The number of phenolic OH excluding ortho intramolecular Hbond substituents is 1. The van der Waals surface area contributed by atoms with Crippen LogP contribution in [-0.2, 0) is 11.3 Å². The number of aromatic hydroxyl groups is 1. The minimum atomic E-state index is -0.481. The predicted octanol–water partition coefficient (Wildman–Crippen LogP) is 6.73. The highest BCUT2D eigenvalue weighted by molar-refractivity contribution is 8.13. The maximum atomic E-state index is 13.7. The van der Waals surface area contributed by atoms with Crippen LogP contribution in [0, 0.1) is 19.7 Å². The Bertz CT molecular complexity index is 1110. The largest absolute Gasteiger partial charge is 0.508 e. The van der Waals surface area contributed by atoms with Crippen LogP contribution < -0.4 is 0 Å². The van der Waals surface area contributed by atoms with Gasteiger partial charge in [-0.2, -0.15) is 0 Å². The van der Waals surface area contributed by atoms with Gasteiger partial charge in [0.2, 0.25) is 0 Å². The van der Waals surface area contributed by atoms with Crippen LogP contribution in [-0.4, -0.2) is 35.4 Å². The van der Waals surface area contributed by atoms with E-state index in [1.807, 2.05) is 12.1 Å². The number of rotatable bonds is 7. The lowest BCUT2D eigenvalue weighted by molar-refractivity contribution is 0.175. The molecule has 0 atom stereocenters. The molecule has 0 amide bonds. The summed E-state index contributed by atoms with van der Waals surface area (Å²) in [5.74, 6) is -0.273. The minimum Gasteiger partial charge on any atom is -0.508 e. The number of ether oxygens (including phenoxy) is 1. The Labute approximate surface area is 197 Å². The molecule has 0 unspecified atom stereocenters. The standard InChI is InChI=1S/C25H26ClFN2O2S/c1-17-7-10-24(18(2)13-17)32-25(28-20-8-9-23(27)22(26)15-20)29(11-12-31-3)16-19-5-4-6-21(30)14-19/h4-10,13-15,30H,11-12,16H2,1-3H3. The summed E-state index contributed by atoms with van der Waals surface area (Å²) in [7, 11) is 1.65. The molecule has 3 rings (SSSR count). The maximum absolute atomic E-state index is 13.7. The summed E-state index contributed by atoms with van der Waals surface area (Å²) in [4.78, 5) is 7.98. The number of hydrogen-bond donors (Lipinski definition) is 1. The molecule has 0 spiro atoms. The van der Waals surface area contributed by atoms with Gasteiger partial charge >= 0.3 is 0 Å². The van der Waals surface area contributed by atoms with Crippen molar-refractivity contribution in [2.45, 2.75) is 25.3 Å². The molecule has 0 radical (unpaired) electrons. The molecule has 3 aromatic carbocycles. The molecule has 0 aliphatic rings. The molecule has 4 nitrogen and oxygen atoms in total. The van der Waals surface area contributed by atoms with Crippen molar-refractivity contribution in [3.05, 3.63) is 88.2 Å². The number of aryl methyl sites for hydroxylation is 2. The van der Waals surface area contributed by atoms with E-state index in [2.05, 4.69) is 36.9 Å². The van der Waals surface area contributed by atoms with Crippen LogP contribution in [0.1, 0.15) is 16.7 Å². The number of aliphatic imine (C=N–C) groups is 1. The minimum absolute atomic E-state index is 0.0264. The predicted molar refractivity (Wildman–Crippen MR) is 131 cm³/mol. The van der Waals surface area contributed by atoms with Crippen LogP contribution in [0.2, 0.25) is 5.02 Å². The van der Waals surface area contributed by atoms with Gasteiger partial charge < -0.3 is 14.7 Å². The summed E-state index contributed by atoms with van der Waals surface area (Å²) < 4.78 is 19.0. The van der Waals surface area contributed by atoms with E-state index in [1.54, 1.807) is 25.3 Å². The molecule has 3 aromatic rings. The Kier molecular flexibility index (Phi) is 8.56. The second kappa shape index (κ2) is 11.4. The first kappa shape index (κ1) is 24.1. The Hall–Kier alpha value is -2.54. The SMILES string of the molecule is COCCN(Cc1cccc(O)c1)C(=Nc1ccc(F)c(Cl)c1)Sc1ccc(C)cc1C. The zero-order chi connectivity index (χ0) is 23.1. The molecule has 0 heterocycles. The summed E-state index contributed by atoms with van der Waals surface area (Å²) in [6.45, 7) is 5.72. The molecular weight excluding hydrogens is 447 g/mol. The molecule has 0 aliphatic heterocycles. The van der Waals surface area contributed by atoms with E-state index < -0.39 is 5.82 Å². The second-order valence-electron chi connectivity index (χ2n) is 7.45. The maximum Gasteiger partial charge on any atom is 0.169 e. The fraction of sp³-hybridized carbons (Fsp3) is 0.240. The van der Waals surface area contributed by atoms with Crippen molar-refractivity contribution in [1.82, 2.24) is 4.90 Å². The summed E-state index contributed by atoms with van der Waals surface area (Å²) in [5.41, 5.74) is 3.82. The number of phenols is 1. The lowest BCUT2D eigenvalue weighted by atomic mass is 10.2. The summed E-state index contributed by atoms with van der Waals surface area (Å²) in [5, 5.41) is 10.6. The van der Waals surface area contributed by atoms with Gasteiger partial charge in [-0.1, -0.05) is 53.2 Å². The van der Waals surface area contributed by atoms with Crippen molar-refractivity contribution in [2.75, 3.05) is 20.3 Å². The van der Waals surface area contributed by atoms with Crippen LogP contribution in [0.4, 0.5) is 10.1 Å². The molecule has 0 bridgehead atoms. The zero-order valence-electron chi connectivity index (χ0n) is 18.3. The topological polar surface area (TPSA) is 45.1 Å². The zero-order valence-corrected chi connectivity index (χ0v) is 19.9. The van der Waals surface area contributed by atoms with Gasteiger partial charge in [-0.15, -0.1) is 0 Å². The quantitative estimate of drug-likeness (QED) is 0.235. The molecule has 32 heavy (non-hydrogen) atoms. The number of benzene rings is 3. The third kappa shape index (κ3) is 6.73. The first-order chi connectivity index (χ1) is 15.4. The molecule has 1 N–H and O–H groups in total. The summed E-state index contributed by atoms with van der Waals surface area (Å²) >= 11 is 7.53. The average molecular weight is 473 g/mol. The highest BCUT2D eigenvalue weighted by Crippen LogP contribution is 2.30. The third-order valence-corrected chi connectivity index (χ3v) is 6.28. The van der Waals surface area contributed by atoms with Gasteiger partial charge in [-0.25, -0.2) is 9.38 Å². The van der Waals surface area contributed by atoms with Gasteiger partial charge in [0.25, 0.3) is 0 Å². The van der Waals surface area contributed by atoms with Crippen LogP contribution in [0.25, 0.3) is 0 Å². The van der Waals surface area contributed by atoms with E-state index in [9.17, 15) is 9.50 Å². The van der Waals surface area contributed by atoms with Crippen molar-refractivity contribution in [3.63, 3.8) is 0 Å². The van der Waals surface area contributed by atoms with Gasteiger partial charge in [0.15, 0.2) is 5.17 Å². The van der Waals surface area contributed by atoms with E-state index >= 15 is 0 Å². The third-order valence-electron chi connectivity index (χ3n) is 4.78. The van der Waals surface area contributed by atoms with E-state index in [-0.39, 0.29) is 10.8 Å². The summed E-state index contributed by atoms with van der Waals surface area (Å²) in [6.07, 6.45) is 0. The Morgan fingerprint density at radius 2 is 1.94 bits per heavy atom. The van der Waals surface area contributed by atoms with E-state index in [1.165, 1.54) is 29.5 Å². The second-order valence-corrected chi connectivity index (χ2v) is 8.86. The average Bonchev–Trinajstić information content (AvgIpc) is 2.75. The first-order valence-corrected chi connectivity index (χ1v) is 11.4. The molecule has 0 fully saturated rings. The summed E-state index contributed by atoms with van der Waals surface area (Å²) in [6, 6.07) is 17.8. The van der Waals surface area contributed by atoms with E-state index in [4.69, 9.17) is 21.3 Å². The van der Waals surface area contributed by atoms with Gasteiger partial charge in [-0.05, 0) is 61.4 Å². The molecule has 7 heteroatoms. The highest BCUT2D eigenvalue weighted by atomic mass is 35.5. The number of thioether (sulfide) groups is 1. The Balaban J connectivity index is 2.03.